The van der Waals surface area contributed by atoms with Crippen molar-refractivity contribution >= 4 is 5.91 Å². The summed E-state index contributed by atoms with van der Waals surface area (Å²) in [6.07, 6.45) is 3.09. The van der Waals surface area contributed by atoms with Crippen LogP contribution in [0.2, 0.25) is 0 Å². The third-order valence-corrected chi connectivity index (χ3v) is 4.03. The van der Waals surface area contributed by atoms with Gasteiger partial charge in [-0.25, -0.2) is 0 Å². The maximum absolute atomic E-state index is 12.6. The van der Waals surface area contributed by atoms with E-state index in [2.05, 4.69) is 10.3 Å². The van der Waals surface area contributed by atoms with Crippen LogP contribution in [0.15, 0.2) is 54.7 Å². The van der Waals surface area contributed by atoms with E-state index in [1.54, 1.807) is 6.20 Å². The lowest BCUT2D eigenvalue weighted by Crippen LogP contribution is -2.40. The van der Waals surface area contributed by atoms with Crippen LogP contribution >= 0.6 is 0 Å². The van der Waals surface area contributed by atoms with Gasteiger partial charge in [0, 0.05) is 23.7 Å². The van der Waals surface area contributed by atoms with E-state index in [1.807, 2.05) is 62.4 Å². The molecule has 4 nitrogen and oxygen atoms in total. The molecule has 1 atom stereocenters. The number of rotatable bonds is 7. The average molecular weight is 311 g/mol. The number of hydrogen-bond acceptors (Lipinski definition) is 3. The summed E-state index contributed by atoms with van der Waals surface area (Å²) < 4.78 is 0. The second-order valence-corrected chi connectivity index (χ2v) is 6.38. The first-order valence-electron chi connectivity index (χ1n) is 7.99. The van der Waals surface area contributed by atoms with E-state index in [4.69, 9.17) is 5.73 Å². The van der Waals surface area contributed by atoms with Crippen LogP contribution in [-0.2, 0) is 11.2 Å². The summed E-state index contributed by atoms with van der Waals surface area (Å²) in [7, 11) is 0. The number of hydrogen-bond donors (Lipinski definition) is 2. The Morgan fingerprint density at radius 2 is 1.87 bits per heavy atom. The summed E-state index contributed by atoms with van der Waals surface area (Å²) in [5.74, 6) is 0.0211. The largest absolute Gasteiger partial charge is 0.348 e. The fourth-order valence-electron chi connectivity index (χ4n) is 2.49. The minimum Gasteiger partial charge on any atom is -0.348 e. The molecule has 1 aromatic carbocycles. The van der Waals surface area contributed by atoms with Gasteiger partial charge in [0.05, 0.1) is 6.04 Å². The summed E-state index contributed by atoms with van der Waals surface area (Å²) in [5.41, 5.74) is 7.18. The minimum atomic E-state index is -0.480. The molecule has 1 heterocycles. The zero-order valence-corrected chi connectivity index (χ0v) is 13.8. The number of nitrogens with two attached hydrogens (primary N) is 1. The number of carbonyl (C=O) groups is 1. The van der Waals surface area contributed by atoms with Crippen LogP contribution in [0, 0.1) is 5.41 Å². The van der Waals surface area contributed by atoms with E-state index in [0.29, 0.717) is 19.4 Å². The molecule has 0 saturated carbocycles. The van der Waals surface area contributed by atoms with Gasteiger partial charge in [-0.15, -0.1) is 0 Å². The van der Waals surface area contributed by atoms with Gasteiger partial charge in [0.15, 0.2) is 0 Å². The third kappa shape index (κ3) is 4.89. The molecule has 0 spiro atoms. The third-order valence-electron chi connectivity index (χ3n) is 4.03. The molecular formula is C19H25N3O. The molecule has 0 bridgehead atoms. The van der Waals surface area contributed by atoms with Crippen LogP contribution in [0.25, 0.3) is 0 Å². The topological polar surface area (TPSA) is 68.0 Å². The van der Waals surface area contributed by atoms with Gasteiger partial charge in [-0.2, -0.15) is 0 Å². The maximum atomic E-state index is 12.6. The zero-order valence-electron chi connectivity index (χ0n) is 13.8. The number of aromatic nitrogens is 1. The van der Waals surface area contributed by atoms with Crippen LogP contribution in [-0.4, -0.2) is 17.4 Å². The quantitative estimate of drug-likeness (QED) is 0.826. The molecule has 1 aromatic heterocycles. The van der Waals surface area contributed by atoms with Crippen LogP contribution in [0.3, 0.4) is 0 Å². The smallest absolute Gasteiger partial charge is 0.226 e. The highest BCUT2D eigenvalue weighted by Gasteiger charge is 2.29. The Morgan fingerprint density at radius 3 is 2.48 bits per heavy atom. The number of benzene rings is 1. The lowest BCUT2D eigenvalue weighted by atomic mass is 9.87. The van der Waals surface area contributed by atoms with Gasteiger partial charge in [0.25, 0.3) is 0 Å². The van der Waals surface area contributed by atoms with Crippen molar-refractivity contribution in [2.75, 3.05) is 6.54 Å². The standard InChI is InChI=1S/C19H25N3O/c1-19(2,11-12-20)18(23)22-17(15-8-4-3-5-9-15)14-16-10-6-7-13-21-16/h3-10,13,17H,11-12,14,20H2,1-2H3,(H,22,23). The van der Waals surface area contributed by atoms with Crippen molar-refractivity contribution in [3.05, 3.63) is 66.0 Å². The Balaban J connectivity index is 2.19. The van der Waals surface area contributed by atoms with Crippen LogP contribution in [0.4, 0.5) is 0 Å². The van der Waals surface area contributed by atoms with Crippen molar-refractivity contribution in [1.29, 1.82) is 0 Å². The lowest BCUT2D eigenvalue weighted by molar-refractivity contribution is -0.130. The second kappa shape index (κ2) is 7.88. The first kappa shape index (κ1) is 17.2. The number of nitrogens with one attached hydrogen (secondary N) is 1. The van der Waals surface area contributed by atoms with Gasteiger partial charge in [-0.3, -0.25) is 9.78 Å². The predicted octanol–water partition coefficient (Wildman–Crippen LogP) is 2.86. The normalized spacial score (nSPS) is 12.7. The Hall–Kier alpha value is -2.20. The molecule has 0 aliphatic heterocycles. The highest BCUT2D eigenvalue weighted by Crippen LogP contribution is 2.23. The number of carbonyl (C=O) groups excluding carboxylic acids is 1. The molecule has 0 saturated heterocycles. The molecule has 0 fully saturated rings. The van der Waals surface area contributed by atoms with Gasteiger partial charge >= 0.3 is 0 Å². The highest BCUT2D eigenvalue weighted by atomic mass is 16.2. The van der Waals surface area contributed by atoms with E-state index >= 15 is 0 Å². The summed E-state index contributed by atoms with van der Waals surface area (Å²) in [5, 5.41) is 3.17. The monoisotopic (exact) mass is 311 g/mol. The average Bonchev–Trinajstić information content (AvgIpc) is 2.56. The molecule has 0 aliphatic rings. The van der Waals surface area contributed by atoms with Gasteiger partial charge < -0.3 is 11.1 Å². The predicted molar refractivity (Wildman–Crippen MR) is 92.7 cm³/mol. The first-order chi connectivity index (χ1) is 11.0. The number of pyridine rings is 1. The molecule has 1 amide bonds. The molecule has 2 rings (SSSR count). The summed E-state index contributed by atoms with van der Waals surface area (Å²) in [6, 6.07) is 15.7. The Morgan fingerprint density at radius 1 is 1.17 bits per heavy atom. The number of nitrogens with zero attached hydrogens (tertiary/aromatic N) is 1. The van der Waals surface area contributed by atoms with E-state index < -0.39 is 5.41 Å². The first-order valence-corrected chi connectivity index (χ1v) is 7.99. The molecule has 122 valence electrons. The van der Waals surface area contributed by atoms with Crippen molar-refractivity contribution < 1.29 is 4.79 Å². The molecular weight excluding hydrogens is 286 g/mol. The van der Waals surface area contributed by atoms with Crippen LogP contribution < -0.4 is 11.1 Å². The second-order valence-electron chi connectivity index (χ2n) is 6.38. The van der Waals surface area contributed by atoms with Gasteiger partial charge in [-0.05, 0) is 30.7 Å². The van der Waals surface area contributed by atoms with Gasteiger partial charge in [-0.1, -0.05) is 50.2 Å². The van der Waals surface area contributed by atoms with Crippen molar-refractivity contribution in [3.63, 3.8) is 0 Å². The van der Waals surface area contributed by atoms with Gasteiger partial charge in [0.2, 0.25) is 5.91 Å². The minimum absolute atomic E-state index is 0.0211. The highest BCUT2D eigenvalue weighted by molar-refractivity contribution is 5.82. The Labute approximate surface area is 138 Å². The SMILES string of the molecule is CC(C)(CCN)C(=O)NC(Cc1ccccn1)c1ccccc1. The Bertz CT molecular complexity index is 611. The zero-order chi connectivity index (χ0) is 16.7. The van der Waals surface area contributed by atoms with Gasteiger partial charge in [0.1, 0.15) is 0 Å². The molecule has 0 aliphatic carbocycles. The van der Waals surface area contributed by atoms with Crippen molar-refractivity contribution in [1.82, 2.24) is 10.3 Å². The Kier molecular flexibility index (Phi) is 5.88. The molecule has 3 N–H and O–H groups in total. The van der Waals surface area contributed by atoms with Crippen molar-refractivity contribution in [2.24, 2.45) is 11.1 Å². The fraction of sp³-hybridized carbons (Fsp3) is 0.368. The molecule has 1 unspecified atom stereocenters. The van der Waals surface area contributed by atoms with E-state index in [9.17, 15) is 4.79 Å². The summed E-state index contributed by atoms with van der Waals surface area (Å²) in [6.45, 7) is 4.35. The van der Waals surface area contributed by atoms with Crippen molar-refractivity contribution in [3.8, 4) is 0 Å². The van der Waals surface area contributed by atoms with Crippen LogP contribution in [0.5, 0.6) is 0 Å². The number of amides is 1. The van der Waals surface area contributed by atoms with Crippen LogP contribution in [0.1, 0.15) is 37.6 Å². The molecule has 0 radical (unpaired) electrons. The van der Waals surface area contributed by atoms with Crippen molar-refractivity contribution in [2.45, 2.75) is 32.7 Å². The molecule has 4 heteroatoms. The summed E-state index contributed by atoms with van der Waals surface area (Å²) in [4.78, 5) is 17.0. The fourth-order valence-corrected chi connectivity index (χ4v) is 2.49. The van der Waals surface area contributed by atoms with E-state index in [1.165, 1.54) is 0 Å². The summed E-state index contributed by atoms with van der Waals surface area (Å²) >= 11 is 0. The van der Waals surface area contributed by atoms with E-state index in [0.717, 1.165) is 11.3 Å². The maximum Gasteiger partial charge on any atom is 0.226 e. The molecule has 2 aromatic rings. The molecule has 23 heavy (non-hydrogen) atoms. The lowest BCUT2D eigenvalue weighted by Gasteiger charge is -2.27. The van der Waals surface area contributed by atoms with E-state index in [-0.39, 0.29) is 11.9 Å².